The quantitative estimate of drug-likeness (QED) is 0.647. The second-order valence-corrected chi connectivity index (χ2v) is 7.29. The van der Waals surface area contributed by atoms with Crippen molar-refractivity contribution in [2.45, 2.75) is 13.3 Å². The van der Waals surface area contributed by atoms with Gasteiger partial charge in [0.2, 0.25) is 0 Å². The average molecular weight is 381 g/mol. The van der Waals surface area contributed by atoms with Crippen molar-refractivity contribution < 1.29 is 19.0 Å². The molecule has 2 aromatic carbocycles. The van der Waals surface area contributed by atoms with Crippen LogP contribution in [0.3, 0.4) is 0 Å². The third kappa shape index (κ3) is 2.68. The third-order valence-corrected chi connectivity index (χ3v) is 5.69. The van der Waals surface area contributed by atoms with E-state index in [0.29, 0.717) is 33.6 Å². The number of halogens is 2. The van der Waals surface area contributed by atoms with Gasteiger partial charge in [-0.1, -0.05) is 0 Å². The summed E-state index contributed by atoms with van der Waals surface area (Å²) < 4.78 is 28.6. The molecule has 2 N–H and O–H groups in total. The van der Waals surface area contributed by atoms with Crippen molar-refractivity contribution in [3.8, 4) is 17.6 Å². The van der Waals surface area contributed by atoms with E-state index in [2.05, 4.69) is 6.07 Å². The molecule has 1 aromatic heterocycles. The monoisotopic (exact) mass is 381 g/mol. The van der Waals surface area contributed by atoms with Crippen LogP contribution in [-0.4, -0.2) is 10.2 Å². The number of allylic oxidation sites excluding steroid dienone is 1. The highest BCUT2D eigenvalue weighted by Gasteiger charge is 2.30. The minimum absolute atomic E-state index is 0.0349. The average Bonchev–Trinajstić information content (AvgIpc) is 3.21. The van der Waals surface area contributed by atoms with E-state index in [1.165, 1.54) is 11.3 Å². The molecule has 0 aliphatic heterocycles. The first-order valence-corrected chi connectivity index (χ1v) is 9.01. The maximum Gasteiger partial charge on any atom is 0.165 e. The second-order valence-electron chi connectivity index (χ2n) is 6.38. The van der Waals surface area contributed by atoms with Crippen molar-refractivity contribution in [1.82, 2.24) is 0 Å². The maximum atomic E-state index is 14.6. The fraction of sp³-hybridized carbons (Fsp3) is 0.0952. The largest absolute Gasteiger partial charge is 0.508 e. The second kappa shape index (κ2) is 6.22. The molecule has 0 fully saturated rings. The lowest BCUT2D eigenvalue weighted by atomic mass is 9.97. The molecule has 134 valence electrons. The van der Waals surface area contributed by atoms with Crippen molar-refractivity contribution in [2.75, 3.05) is 0 Å². The summed E-state index contributed by atoms with van der Waals surface area (Å²) in [6, 6.07) is 8.72. The molecule has 0 saturated heterocycles. The number of thiophene rings is 1. The van der Waals surface area contributed by atoms with Crippen LogP contribution in [-0.2, 0) is 6.42 Å². The van der Waals surface area contributed by atoms with Gasteiger partial charge in [-0.25, -0.2) is 8.78 Å². The number of hydrogen-bond acceptors (Lipinski definition) is 4. The van der Waals surface area contributed by atoms with E-state index >= 15 is 0 Å². The van der Waals surface area contributed by atoms with Crippen molar-refractivity contribution in [3.63, 3.8) is 0 Å². The molecular weight excluding hydrogens is 368 g/mol. The lowest BCUT2D eigenvalue weighted by molar-refractivity contribution is 0.426. The molecule has 3 aromatic rings. The van der Waals surface area contributed by atoms with Crippen LogP contribution in [0.1, 0.15) is 32.7 Å². The van der Waals surface area contributed by atoms with Crippen molar-refractivity contribution >= 4 is 22.5 Å². The van der Waals surface area contributed by atoms with E-state index in [1.807, 2.05) is 6.92 Å². The Balaban J connectivity index is 2.07. The summed E-state index contributed by atoms with van der Waals surface area (Å²) in [5, 5.41) is 30.7. The summed E-state index contributed by atoms with van der Waals surface area (Å²) in [4.78, 5) is 0.643. The van der Waals surface area contributed by atoms with Gasteiger partial charge >= 0.3 is 0 Å². The zero-order valence-corrected chi connectivity index (χ0v) is 15.0. The van der Waals surface area contributed by atoms with Crippen LogP contribution >= 0.6 is 11.3 Å². The van der Waals surface area contributed by atoms with Gasteiger partial charge in [-0.2, -0.15) is 5.26 Å². The number of rotatable bonds is 2. The summed E-state index contributed by atoms with van der Waals surface area (Å²) >= 11 is 1.33. The van der Waals surface area contributed by atoms with Crippen LogP contribution in [0.2, 0.25) is 0 Å². The Morgan fingerprint density at radius 3 is 2.59 bits per heavy atom. The number of hydrogen-bond donors (Lipinski definition) is 2. The smallest absolute Gasteiger partial charge is 0.165 e. The topological polar surface area (TPSA) is 64.2 Å². The first-order valence-electron chi connectivity index (χ1n) is 8.13. The van der Waals surface area contributed by atoms with E-state index in [0.717, 1.165) is 23.3 Å². The van der Waals surface area contributed by atoms with Crippen LogP contribution < -0.4 is 0 Å². The molecule has 6 heteroatoms. The molecule has 0 spiro atoms. The molecule has 27 heavy (non-hydrogen) atoms. The summed E-state index contributed by atoms with van der Waals surface area (Å²) in [6.07, 6.45) is 0.334. The molecule has 1 heterocycles. The maximum absolute atomic E-state index is 14.6. The number of nitriles is 1. The molecule has 0 saturated carbocycles. The molecule has 0 amide bonds. The Morgan fingerprint density at radius 1 is 1.07 bits per heavy atom. The minimum atomic E-state index is -0.916. The number of nitrogens with zero attached hydrogens (tertiary/aromatic N) is 1. The molecule has 0 unspecified atom stereocenters. The summed E-state index contributed by atoms with van der Waals surface area (Å²) in [5.74, 6) is -2.35. The highest BCUT2D eigenvalue weighted by molar-refractivity contribution is 7.11. The molecular formula is C21H13F2NO2S. The minimum Gasteiger partial charge on any atom is -0.508 e. The Bertz CT molecular complexity index is 1170. The van der Waals surface area contributed by atoms with E-state index in [4.69, 9.17) is 0 Å². The lowest BCUT2D eigenvalue weighted by Crippen LogP contribution is -1.95. The van der Waals surface area contributed by atoms with Gasteiger partial charge in [0.1, 0.15) is 17.6 Å². The SMILES string of the molecule is Cc1cc(O)cc2c1CC(c1cc(F)c(O)cc1F)=C2c1sccc1C#N. The lowest BCUT2D eigenvalue weighted by Gasteiger charge is -2.10. The van der Waals surface area contributed by atoms with Crippen LogP contribution in [0.25, 0.3) is 11.1 Å². The Kier molecular flexibility index (Phi) is 3.97. The zero-order chi connectivity index (χ0) is 19.3. The van der Waals surface area contributed by atoms with E-state index in [-0.39, 0.29) is 11.3 Å². The predicted octanol–water partition coefficient (Wildman–Crippen LogP) is 5.13. The van der Waals surface area contributed by atoms with Gasteiger partial charge in [0, 0.05) is 17.2 Å². The molecule has 4 rings (SSSR count). The molecule has 3 nitrogen and oxygen atoms in total. The number of phenolic OH excluding ortho intramolecular Hbond substituents is 2. The van der Waals surface area contributed by atoms with Gasteiger partial charge in [0.25, 0.3) is 0 Å². The molecule has 0 atom stereocenters. The van der Waals surface area contributed by atoms with Gasteiger partial charge in [0.15, 0.2) is 11.6 Å². The van der Waals surface area contributed by atoms with E-state index < -0.39 is 17.4 Å². The molecule has 1 aliphatic rings. The summed E-state index contributed by atoms with van der Waals surface area (Å²) in [5.41, 5.74) is 4.02. The Hall–Kier alpha value is -3.17. The van der Waals surface area contributed by atoms with Crippen molar-refractivity contribution in [3.05, 3.63) is 80.0 Å². The van der Waals surface area contributed by atoms with E-state index in [1.54, 1.807) is 23.6 Å². The fourth-order valence-corrected chi connectivity index (χ4v) is 4.46. The number of benzene rings is 2. The standard InChI is InChI=1S/C21H13F2NO2S/c1-10-4-12(25)5-15-13(10)6-16(14-7-18(23)19(26)8-17(14)22)20(15)21-11(9-24)2-3-27-21/h2-5,7-8,25-26H,6H2,1H3. The van der Waals surface area contributed by atoms with Gasteiger partial charge in [-0.15, -0.1) is 11.3 Å². The normalized spacial score (nSPS) is 13.0. The van der Waals surface area contributed by atoms with Crippen LogP contribution in [0, 0.1) is 29.9 Å². The first-order chi connectivity index (χ1) is 12.9. The van der Waals surface area contributed by atoms with Crippen LogP contribution in [0.15, 0.2) is 35.7 Å². The highest BCUT2D eigenvalue weighted by Crippen LogP contribution is 2.47. The van der Waals surface area contributed by atoms with E-state index in [9.17, 15) is 24.3 Å². The predicted molar refractivity (Wildman–Crippen MR) is 99.5 cm³/mol. The Labute approximate surface area is 158 Å². The zero-order valence-electron chi connectivity index (χ0n) is 14.2. The number of aryl methyl sites for hydroxylation is 1. The van der Waals surface area contributed by atoms with Crippen molar-refractivity contribution in [1.29, 1.82) is 5.26 Å². The molecule has 0 bridgehead atoms. The highest BCUT2D eigenvalue weighted by atomic mass is 32.1. The van der Waals surface area contributed by atoms with Gasteiger partial charge in [0.05, 0.1) is 10.4 Å². The van der Waals surface area contributed by atoms with Crippen LogP contribution in [0.4, 0.5) is 8.78 Å². The Morgan fingerprint density at radius 2 is 1.85 bits per heavy atom. The summed E-state index contributed by atoms with van der Waals surface area (Å²) in [6.45, 7) is 1.84. The third-order valence-electron chi connectivity index (χ3n) is 4.76. The number of aromatic hydroxyl groups is 2. The summed E-state index contributed by atoms with van der Waals surface area (Å²) in [7, 11) is 0. The van der Waals surface area contributed by atoms with Crippen molar-refractivity contribution in [2.24, 2.45) is 0 Å². The van der Waals surface area contributed by atoms with Crippen LogP contribution in [0.5, 0.6) is 11.5 Å². The number of fused-ring (bicyclic) bond motifs is 1. The van der Waals surface area contributed by atoms with Gasteiger partial charge in [-0.05, 0) is 65.3 Å². The number of phenols is 2. The van der Waals surface area contributed by atoms with Gasteiger partial charge in [-0.3, -0.25) is 0 Å². The first kappa shape index (κ1) is 17.3. The fourth-order valence-electron chi connectivity index (χ4n) is 3.53. The van der Waals surface area contributed by atoms with Gasteiger partial charge < -0.3 is 10.2 Å². The molecule has 1 aliphatic carbocycles. The molecule has 0 radical (unpaired) electrons.